The summed E-state index contributed by atoms with van der Waals surface area (Å²) in [5.74, 6) is -1.66. The average molecular weight is 290 g/mol. The molecule has 0 spiro atoms. The number of hydrogen-bond donors (Lipinski definition) is 1. The Bertz CT molecular complexity index is 690. The van der Waals surface area contributed by atoms with Gasteiger partial charge in [-0.2, -0.15) is 0 Å². The van der Waals surface area contributed by atoms with Gasteiger partial charge in [0.1, 0.15) is 0 Å². The van der Waals surface area contributed by atoms with E-state index < -0.39 is 5.97 Å². The van der Waals surface area contributed by atoms with E-state index in [2.05, 4.69) is 0 Å². The molecule has 0 unspecified atom stereocenters. The summed E-state index contributed by atoms with van der Waals surface area (Å²) in [5.41, 5.74) is 0.985. The molecule has 2 rings (SSSR count). The fourth-order valence-corrected chi connectivity index (χ4v) is 2.21. The van der Waals surface area contributed by atoms with Gasteiger partial charge in [-0.05, 0) is 24.1 Å². The number of carbonyl (C=O) groups excluding carboxylic acids is 1. The number of aromatic carboxylic acids is 1. The molecule has 0 atom stereocenters. The first-order valence-corrected chi connectivity index (χ1v) is 6.13. The fourth-order valence-electron chi connectivity index (χ4n) is 1.86. The molecule has 0 aliphatic carbocycles. The Morgan fingerprint density at radius 1 is 1.10 bits per heavy atom. The summed E-state index contributed by atoms with van der Waals surface area (Å²) in [5, 5.41) is 20.8. The number of Topliss-reactive ketones (excluding diaryl/α,β-unsaturated/α-hetero) is 1. The zero-order valence-corrected chi connectivity index (χ0v) is 11.3. The Hall–Kier alpha value is -2.33. The van der Waals surface area contributed by atoms with Gasteiger partial charge in [0.25, 0.3) is 0 Å². The molecule has 2 aromatic carbocycles. The van der Waals surface area contributed by atoms with Crippen molar-refractivity contribution in [3.63, 3.8) is 0 Å². The molecule has 0 aromatic heterocycles. The van der Waals surface area contributed by atoms with Crippen LogP contribution in [0.3, 0.4) is 0 Å². The van der Waals surface area contributed by atoms with E-state index in [9.17, 15) is 14.7 Å². The minimum absolute atomic E-state index is 0.0933. The minimum Gasteiger partial charge on any atom is -0.872 e. The number of halogens is 1. The van der Waals surface area contributed by atoms with Gasteiger partial charge in [0, 0.05) is 5.56 Å². The summed E-state index contributed by atoms with van der Waals surface area (Å²) in [4.78, 5) is 22.2. The summed E-state index contributed by atoms with van der Waals surface area (Å²) >= 11 is 6.00. The van der Waals surface area contributed by atoms with E-state index in [0.29, 0.717) is 11.1 Å². The van der Waals surface area contributed by atoms with Crippen LogP contribution in [-0.2, 0) is 0 Å². The highest BCUT2D eigenvalue weighted by Gasteiger charge is 2.14. The van der Waals surface area contributed by atoms with Crippen LogP contribution in [0.25, 0.3) is 11.1 Å². The van der Waals surface area contributed by atoms with E-state index in [4.69, 9.17) is 16.7 Å². The van der Waals surface area contributed by atoms with E-state index in [-0.39, 0.29) is 27.7 Å². The lowest BCUT2D eigenvalue weighted by atomic mass is 9.99. The number of hydrogen-bond acceptors (Lipinski definition) is 3. The Labute approximate surface area is 120 Å². The lowest BCUT2D eigenvalue weighted by Crippen LogP contribution is -2.02. The third-order valence-electron chi connectivity index (χ3n) is 2.91. The largest absolute Gasteiger partial charge is 0.872 e. The second-order valence-electron chi connectivity index (χ2n) is 4.24. The number of ketones is 1. The maximum atomic E-state index is 11.9. The maximum absolute atomic E-state index is 11.9. The highest BCUT2D eigenvalue weighted by Crippen LogP contribution is 2.36. The van der Waals surface area contributed by atoms with Crippen molar-refractivity contribution in [2.75, 3.05) is 0 Å². The smallest absolute Gasteiger partial charge is 0.337 e. The molecule has 4 nitrogen and oxygen atoms in total. The predicted molar refractivity (Wildman–Crippen MR) is 73.3 cm³/mol. The van der Waals surface area contributed by atoms with Crippen LogP contribution < -0.4 is 5.11 Å². The van der Waals surface area contributed by atoms with Crippen molar-refractivity contribution in [2.24, 2.45) is 0 Å². The molecule has 0 bridgehead atoms. The molecule has 5 heteroatoms. The first-order chi connectivity index (χ1) is 9.41. The molecular weight excluding hydrogens is 280 g/mol. The third-order valence-corrected chi connectivity index (χ3v) is 3.31. The molecule has 1 N–H and O–H groups in total. The van der Waals surface area contributed by atoms with Gasteiger partial charge in [-0.15, -0.1) is 0 Å². The lowest BCUT2D eigenvalue weighted by molar-refractivity contribution is -0.267. The number of benzene rings is 2. The zero-order valence-electron chi connectivity index (χ0n) is 10.5. The molecule has 0 fully saturated rings. The Kier molecular flexibility index (Phi) is 3.77. The van der Waals surface area contributed by atoms with Crippen LogP contribution in [0.4, 0.5) is 0 Å². The van der Waals surface area contributed by atoms with Gasteiger partial charge >= 0.3 is 5.97 Å². The Balaban J connectivity index is 2.60. The molecule has 102 valence electrons. The molecular formula is C15H10ClO4-. The van der Waals surface area contributed by atoms with E-state index in [1.54, 1.807) is 24.3 Å². The monoisotopic (exact) mass is 289 g/mol. The van der Waals surface area contributed by atoms with Gasteiger partial charge in [-0.25, -0.2) is 4.79 Å². The number of carboxylic acids is 1. The highest BCUT2D eigenvalue weighted by atomic mass is 35.5. The molecule has 2 aromatic rings. The van der Waals surface area contributed by atoms with Crippen LogP contribution in [0.5, 0.6) is 5.75 Å². The van der Waals surface area contributed by atoms with Crippen LogP contribution in [-0.4, -0.2) is 16.9 Å². The van der Waals surface area contributed by atoms with Gasteiger partial charge in [-0.3, -0.25) is 4.79 Å². The van der Waals surface area contributed by atoms with Gasteiger partial charge in [0.05, 0.1) is 10.6 Å². The van der Waals surface area contributed by atoms with Gasteiger partial charge in [-0.1, -0.05) is 47.7 Å². The molecule has 0 amide bonds. The first-order valence-electron chi connectivity index (χ1n) is 5.76. The minimum atomic E-state index is -1.20. The lowest BCUT2D eigenvalue weighted by Gasteiger charge is -2.17. The molecule has 0 saturated carbocycles. The highest BCUT2D eigenvalue weighted by molar-refractivity contribution is 6.36. The van der Waals surface area contributed by atoms with Crippen LogP contribution in [0.2, 0.25) is 5.02 Å². The van der Waals surface area contributed by atoms with Crippen LogP contribution in [0.1, 0.15) is 27.6 Å². The fraction of sp³-hybridized carbons (Fsp3) is 0.0667. The zero-order chi connectivity index (χ0) is 14.9. The van der Waals surface area contributed by atoms with Crippen LogP contribution in [0.15, 0.2) is 36.4 Å². The summed E-state index contributed by atoms with van der Waals surface area (Å²) < 4.78 is 0. The van der Waals surface area contributed by atoms with Crippen LogP contribution >= 0.6 is 11.6 Å². The SMILES string of the molecule is CC(=O)c1ccc(-c2c([O-])ccc(C(=O)O)c2Cl)cc1. The Morgan fingerprint density at radius 3 is 2.20 bits per heavy atom. The summed E-state index contributed by atoms with van der Waals surface area (Å²) in [6.45, 7) is 1.44. The van der Waals surface area contributed by atoms with Crippen molar-refractivity contribution in [3.8, 4) is 16.9 Å². The topological polar surface area (TPSA) is 77.4 Å². The van der Waals surface area contributed by atoms with E-state index in [1.807, 2.05) is 0 Å². The second kappa shape index (κ2) is 5.35. The molecule has 0 heterocycles. The third kappa shape index (κ3) is 2.51. The van der Waals surface area contributed by atoms with Gasteiger partial charge < -0.3 is 10.2 Å². The van der Waals surface area contributed by atoms with E-state index in [0.717, 1.165) is 0 Å². The first kappa shape index (κ1) is 14.1. The maximum Gasteiger partial charge on any atom is 0.337 e. The normalized spacial score (nSPS) is 10.3. The molecule has 0 radical (unpaired) electrons. The quantitative estimate of drug-likeness (QED) is 0.881. The molecule has 0 aliphatic rings. The van der Waals surface area contributed by atoms with Gasteiger partial charge in [0.15, 0.2) is 5.78 Å². The van der Waals surface area contributed by atoms with Crippen molar-refractivity contribution in [3.05, 3.63) is 52.5 Å². The average Bonchev–Trinajstić information content (AvgIpc) is 2.38. The Morgan fingerprint density at radius 2 is 1.70 bits per heavy atom. The van der Waals surface area contributed by atoms with Crippen molar-refractivity contribution in [1.82, 2.24) is 0 Å². The number of carboxylic acid groups (broad SMARTS) is 1. The predicted octanol–water partition coefficient (Wildman–Crippen LogP) is 2.98. The standard InChI is InChI=1S/C15H11ClO4/c1-8(17)9-2-4-10(5-3-9)13-12(18)7-6-11(14(13)16)15(19)20/h2-7,18H,1H3,(H,19,20)/p-1. The van der Waals surface area contributed by atoms with Gasteiger partial charge in [0.2, 0.25) is 0 Å². The number of carbonyl (C=O) groups is 2. The molecule has 20 heavy (non-hydrogen) atoms. The number of rotatable bonds is 3. The van der Waals surface area contributed by atoms with Crippen molar-refractivity contribution in [2.45, 2.75) is 6.92 Å². The summed E-state index contributed by atoms with van der Waals surface area (Å²) in [6.07, 6.45) is 0. The van der Waals surface area contributed by atoms with E-state index in [1.165, 1.54) is 19.1 Å². The van der Waals surface area contributed by atoms with E-state index >= 15 is 0 Å². The van der Waals surface area contributed by atoms with Crippen LogP contribution in [0, 0.1) is 0 Å². The summed E-state index contributed by atoms with van der Waals surface area (Å²) in [7, 11) is 0. The van der Waals surface area contributed by atoms with Crippen molar-refractivity contribution < 1.29 is 19.8 Å². The molecule has 0 saturated heterocycles. The summed E-state index contributed by atoms with van der Waals surface area (Å²) in [6, 6.07) is 8.64. The molecule has 0 aliphatic heterocycles. The van der Waals surface area contributed by atoms with Crippen molar-refractivity contribution >= 4 is 23.4 Å². The second-order valence-corrected chi connectivity index (χ2v) is 4.62. The van der Waals surface area contributed by atoms with Crippen molar-refractivity contribution in [1.29, 1.82) is 0 Å².